The van der Waals surface area contributed by atoms with Gasteiger partial charge in [-0.15, -0.1) is 0 Å². The van der Waals surface area contributed by atoms with Gasteiger partial charge in [0.05, 0.1) is 5.69 Å². The molecule has 1 aromatic heterocycles. The van der Waals surface area contributed by atoms with Gasteiger partial charge in [-0.25, -0.2) is 8.42 Å². The van der Waals surface area contributed by atoms with Crippen LogP contribution in [0.25, 0.3) is 0 Å². The van der Waals surface area contributed by atoms with Gasteiger partial charge in [-0.3, -0.25) is 9.52 Å². The van der Waals surface area contributed by atoms with Crippen LogP contribution < -0.4 is 14.2 Å². The van der Waals surface area contributed by atoms with Crippen molar-refractivity contribution < 1.29 is 22.7 Å². The summed E-state index contributed by atoms with van der Waals surface area (Å²) in [6.45, 7) is 2.24. The molecule has 0 aliphatic carbocycles. The number of H-pyrrole nitrogens is 1. The topological polar surface area (TPSA) is 101 Å². The number of carbonyl (C=O) groups is 1. The summed E-state index contributed by atoms with van der Waals surface area (Å²) >= 11 is 3.34. The fraction of sp³-hybridized carbons (Fsp3) is 0.353. The van der Waals surface area contributed by atoms with E-state index in [0.717, 1.165) is 12.8 Å². The fourth-order valence-corrected chi connectivity index (χ4v) is 4.71. The number of rotatable bonds is 4. The fourth-order valence-electron chi connectivity index (χ4n) is 3.09. The molecule has 0 bridgehead atoms. The van der Waals surface area contributed by atoms with Crippen LogP contribution in [-0.4, -0.2) is 50.5 Å². The van der Waals surface area contributed by atoms with E-state index in [1.54, 1.807) is 17.0 Å². The van der Waals surface area contributed by atoms with Gasteiger partial charge in [-0.1, -0.05) is 0 Å². The zero-order valence-electron chi connectivity index (χ0n) is 14.3. The number of anilines is 1. The molecule has 2 aromatic rings. The number of fused-ring (bicyclic) bond motifs is 1. The van der Waals surface area contributed by atoms with Gasteiger partial charge in [0.25, 0.3) is 15.9 Å². The van der Waals surface area contributed by atoms with Gasteiger partial charge >= 0.3 is 0 Å². The van der Waals surface area contributed by atoms with Crippen LogP contribution >= 0.6 is 15.9 Å². The minimum Gasteiger partial charge on any atom is -0.486 e. The first-order valence-corrected chi connectivity index (χ1v) is 10.8. The number of hydrogen-bond acceptors (Lipinski definition) is 5. The normalized spacial score (nSPS) is 16.4. The highest BCUT2D eigenvalue weighted by Crippen LogP contribution is 2.38. The summed E-state index contributed by atoms with van der Waals surface area (Å²) < 4.78 is 39.5. The second-order valence-electron chi connectivity index (χ2n) is 6.33. The van der Waals surface area contributed by atoms with Crippen molar-refractivity contribution in [3.05, 3.63) is 34.6 Å². The zero-order valence-corrected chi connectivity index (χ0v) is 16.7. The van der Waals surface area contributed by atoms with Crippen molar-refractivity contribution in [2.45, 2.75) is 17.7 Å². The summed E-state index contributed by atoms with van der Waals surface area (Å²) in [5, 5.41) is 0. The maximum absolute atomic E-state index is 12.7. The number of nitrogens with one attached hydrogen (secondary N) is 2. The minimum atomic E-state index is -3.88. The summed E-state index contributed by atoms with van der Waals surface area (Å²) in [5.41, 5.74) is 0.589. The SMILES string of the molecule is O=C(c1cc(S(=O)(=O)Nc2cc3c(cc2Br)OCCO3)c[nH]1)N1CCCC1. The van der Waals surface area contributed by atoms with Gasteiger partial charge in [0, 0.05) is 35.9 Å². The van der Waals surface area contributed by atoms with Crippen LogP contribution in [0, 0.1) is 0 Å². The lowest BCUT2D eigenvalue weighted by atomic mass is 10.2. The number of aromatic nitrogens is 1. The molecule has 0 unspecified atom stereocenters. The van der Waals surface area contributed by atoms with Crippen LogP contribution in [0.2, 0.25) is 0 Å². The molecular formula is C17H18BrN3O5S. The van der Waals surface area contributed by atoms with Crippen molar-refractivity contribution in [1.82, 2.24) is 9.88 Å². The lowest BCUT2D eigenvalue weighted by Crippen LogP contribution is -2.27. The molecule has 3 heterocycles. The number of hydrogen-bond donors (Lipinski definition) is 2. The summed E-state index contributed by atoms with van der Waals surface area (Å²) in [5.74, 6) is 0.840. The lowest BCUT2D eigenvalue weighted by molar-refractivity contribution is 0.0787. The monoisotopic (exact) mass is 455 g/mol. The number of ether oxygens (including phenoxy) is 2. The Kier molecular flexibility index (Phi) is 4.77. The van der Waals surface area contributed by atoms with Crippen molar-refractivity contribution in [3.63, 3.8) is 0 Å². The molecule has 0 radical (unpaired) electrons. The first-order chi connectivity index (χ1) is 12.9. The van der Waals surface area contributed by atoms with Gasteiger partial charge in [-0.2, -0.15) is 0 Å². The van der Waals surface area contributed by atoms with Crippen molar-refractivity contribution in [2.75, 3.05) is 31.0 Å². The molecule has 0 spiro atoms. The lowest BCUT2D eigenvalue weighted by Gasteiger charge is -2.20. The molecule has 0 saturated carbocycles. The number of likely N-dealkylation sites (tertiary alicyclic amines) is 1. The number of sulfonamides is 1. The Hall–Kier alpha value is -2.20. The van der Waals surface area contributed by atoms with E-state index in [9.17, 15) is 13.2 Å². The van der Waals surface area contributed by atoms with Crippen molar-refractivity contribution in [1.29, 1.82) is 0 Å². The van der Waals surface area contributed by atoms with Crippen LogP contribution in [0.3, 0.4) is 0 Å². The molecule has 0 atom stereocenters. The smallest absolute Gasteiger partial charge is 0.270 e. The van der Waals surface area contributed by atoms with E-state index in [1.807, 2.05) is 0 Å². The number of amides is 1. The highest BCUT2D eigenvalue weighted by atomic mass is 79.9. The second-order valence-corrected chi connectivity index (χ2v) is 8.87. The summed E-state index contributed by atoms with van der Waals surface area (Å²) in [6.07, 6.45) is 3.26. The highest BCUT2D eigenvalue weighted by Gasteiger charge is 2.25. The molecule has 1 amide bonds. The van der Waals surface area contributed by atoms with E-state index in [2.05, 4.69) is 25.6 Å². The number of nitrogens with zero attached hydrogens (tertiary/aromatic N) is 1. The largest absolute Gasteiger partial charge is 0.486 e. The summed E-state index contributed by atoms with van der Waals surface area (Å²) in [6, 6.07) is 4.58. The average Bonchev–Trinajstić information content (AvgIpc) is 3.34. The highest BCUT2D eigenvalue weighted by molar-refractivity contribution is 9.10. The molecule has 4 rings (SSSR count). The maximum Gasteiger partial charge on any atom is 0.270 e. The van der Waals surface area contributed by atoms with Crippen LogP contribution in [0.4, 0.5) is 5.69 Å². The number of benzene rings is 1. The summed E-state index contributed by atoms with van der Waals surface area (Å²) in [7, 11) is -3.88. The van der Waals surface area contributed by atoms with E-state index in [-0.39, 0.29) is 16.5 Å². The first kappa shape index (κ1) is 18.2. The molecule has 2 N–H and O–H groups in total. The van der Waals surface area contributed by atoms with Gasteiger partial charge in [0.1, 0.15) is 23.8 Å². The summed E-state index contributed by atoms with van der Waals surface area (Å²) in [4.78, 5) is 16.9. The maximum atomic E-state index is 12.7. The molecule has 1 fully saturated rings. The zero-order chi connectivity index (χ0) is 19.0. The van der Waals surface area contributed by atoms with Crippen molar-refractivity contribution >= 4 is 37.5 Å². The van der Waals surface area contributed by atoms with Crippen LogP contribution in [-0.2, 0) is 10.0 Å². The average molecular weight is 456 g/mol. The molecular weight excluding hydrogens is 438 g/mol. The van der Waals surface area contributed by atoms with E-state index >= 15 is 0 Å². The number of halogens is 1. The number of carbonyl (C=O) groups excluding carboxylic acids is 1. The molecule has 1 saturated heterocycles. The van der Waals surface area contributed by atoms with Crippen molar-refractivity contribution in [3.8, 4) is 11.5 Å². The van der Waals surface area contributed by atoms with Crippen molar-refractivity contribution in [2.24, 2.45) is 0 Å². The molecule has 144 valence electrons. The van der Waals surface area contributed by atoms with E-state index in [1.165, 1.54) is 12.3 Å². The standard InChI is InChI=1S/C17H18BrN3O5S/c18-12-8-15-16(26-6-5-25-15)9-13(12)20-27(23,24)11-7-14(19-10-11)17(22)21-3-1-2-4-21/h7-10,19-20H,1-6H2. The van der Waals surface area contributed by atoms with Gasteiger partial charge < -0.3 is 19.4 Å². The minimum absolute atomic E-state index is 0.00756. The third-order valence-corrected chi connectivity index (χ3v) is 6.47. The Morgan fingerprint density at radius 1 is 1.11 bits per heavy atom. The quantitative estimate of drug-likeness (QED) is 0.737. The second kappa shape index (κ2) is 7.08. The van der Waals surface area contributed by atoms with Gasteiger partial charge in [0.15, 0.2) is 11.5 Å². The molecule has 1 aromatic carbocycles. The molecule has 2 aliphatic rings. The first-order valence-electron chi connectivity index (χ1n) is 8.54. The third-order valence-electron chi connectivity index (χ3n) is 4.47. The Morgan fingerprint density at radius 3 is 2.48 bits per heavy atom. The molecule has 2 aliphatic heterocycles. The van der Waals surface area contributed by atoms with Crippen LogP contribution in [0.5, 0.6) is 11.5 Å². The van der Waals surface area contributed by atoms with E-state index in [0.29, 0.717) is 48.0 Å². The van der Waals surface area contributed by atoms with Crippen LogP contribution in [0.1, 0.15) is 23.3 Å². The Morgan fingerprint density at radius 2 is 1.78 bits per heavy atom. The number of aromatic amines is 1. The van der Waals surface area contributed by atoms with E-state index in [4.69, 9.17) is 9.47 Å². The predicted molar refractivity (Wildman–Crippen MR) is 102 cm³/mol. The Bertz CT molecular complexity index is 982. The Balaban J connectivity index is 1.56. The van der Waals surface area contributed by atoms with Gasteiger partial charge in [0.2, 0.25) is 0 Å². The molecule has 8 nitrogen and oxygen atoms in total. The Labute approximate surface area is 165 Å². The molecule has 10 heteroatoms. The van der Waals surface area contributed by atoms with E-state index < -0.39 is 10.0 Å². The molecule has 27 heavy (non-hydrogen) atoms. The third kappa shape index (κ3) is 3.63. The van der Waals surface area contributed by atoms with Crippen LogP contribution in [0.15, 0.2) is 33.8 Å². The predicted octanol–water partition coefficient (Wildman–Crippen LogP) is 2.59. The van der Waals surface area contributed by atoms with Gasteiger partial charge in [-0.05, 0) is 34.8 Å².